The third kappa shape index (κ3) is 2.40. The number of nitrogens with zero attached hydrogens (tertiary/aromatic N) is 2. The minimum absolute atomic E-state index is 0.396. The van der Waals surface area contributed by atoms with Crippen molar-refractivity contribution in [3.8, 4) is 5.69 Å². The number of alkyl halides is 1. The Morgan fingerprint density at radius 1 is 1.17 bits per heavy atom. The van der Waals surface area contributed by atoms with Crippen molar-refractivity contribution in [3.63, 3.8) is 0 Å². The van der Waals surface area contributed by atoms with Gasteiger partial charge in [0.2, 0.25) is 0 Å². The second-order valence-corrected chi connectivity index (χ2v) is 5.09. The Hall–Kier alpha value is -0.990. The molecule has 0 N–H and O–H groups in total. The predicted octanol–water partition coefficient (Wildman–Crippen LogP) is 4.44. The number of halogens is 2. The second-order valence-electron chi connectivity index (χ2n) is 4.46. The smallest absolute Gasteiger partial charge is 0.137 e. The molecule has 0 spiro atoms. The molecule has 2 nitrogen and oxygen atoms in total. The fourth-order valence-electron chi connectivity index (χ4n) is 2.13. The zero-order valence-electron chi connectivity index (χ0n) is 10.8. The van der Waals surface area contributed by atoms with Crippen LogP contribution in [0.5, 0.6) is 0 Å². The fraction of sp³-hybridized carbons (Fsp3) is 0.357. The van der Waals surface area contributed by atoms with Crippen molar-refractivity contribution >= 4 is 23.2 Å². The van der Waals surface area contributed by atoms with Crippen LogP contribution in [0, 0.1) is 13.8 Å². The van der Waals surface area contributed by atoms with Gasteiger partial charge in [-0.1, -0.05) is 24.6 Å². The summed E-state index contributed by atoms with van der Waals surface area (Å²) in [6.07, 6.45) is 0.833. The highest BCUT2D eigenvalue weighted by Gasteiger charge is 2.15. The summed E-state index contributed by atoms with van der Waals surface area (Å²) in [5.41, 5.74) is 5.28. The maximum atomic E-state index is 6.36. The average Bonchev–Trinajstić information content (AvgIpc) is 2.64. The lowest BCUT2D eigenvalue weighted by atomic mass is 10.1. The Bertz CT molecular complexity index is 553. The van der Waals surface area contributed by atoms with Gasteiger partial charge in [-0.15, -0.1) is 11.6 Å². The largest absolute Gasteiger partial charge is 0.222 e. The maximum absolute atomic E-state index is 6.36. The van der Waals surface area contributed by atoms with E-state index in [0.29, 0.717) is 11.0 Å². The highest BCUT2D eigenvalue weighted by atomic mass is 35.5. The van der Waals surface area contributed by atoms with Crippen molar-refractivity contribution in [1.82, 2.24) is 9.78 Å². The number of benzene rings is 1. The Balaban J connectivity index is 2.60. The van der Waals surface area contributed by atoms with Crippen LogP contribution in [0.2, 0.25) is 5.15 Å². The molecule has 96 valence electrons. The van der Waals surface area contributed by atoms with Crippen LogP contribution in [0.3, 0.4) is 0 Å². The Morgan fingerprint density at radius 3 is 2.22 bits per heavy atom. The summed E-state index contributed by atoms with van der Waals surface area (Å²) < 4.78 is 1.78. The van der Waals surface area contributed by atoms with Gasteiger partial charge >= 0.3 is 0 Å². The van der Waals surface area contributed by atoms with Crippen LogP contribution in [0.4, 0.5) is 0 Å². The van der Waals surface area contributed by atoms with E-state index in [-0.39, 0.29) is 0 Å². The molecule has 1 heterocycles. The number of hydrogen-bond donors (Lipinski definition) is 0. The SMILES string of the molecule is CCc1nn(-c2cc(C)cc(C)c2)c(Cl)c1CCl. The molecule has 0 unspecified atom stereocenters. The summed E-state index contributed by atoms with van der Waals surface area (Å²) in [4.78, 5) is 0. The Kier molecular flexibility index (Phi) is 3.98. The zero-order valence-corrected chi connectivity index (χ0v) is 12.3. The Labute approximate surface area is 118 Å². The summed E-state index contributed by atoms with van der Waals surface area (Å²) >= 11 is 12.3. The monoisotopic (exact) mass is 282 g/mol. The van der Waals surface area contributed by atoms with E-state index in [1.165, 1.54) is 11.1 Å². The lowest BCUT2D eigenvalue weighted by Gasteiger charge is -2.06. The molecule has 2 rings (SSSR count). The maximum Gasteiger partial charge on any atom is 0.137 e. The van der Waals surface area contributed by atoms with Gasteiger partial charge in [0, 0.05) is 5.56 Å². The number of hydrogen-bond acceptors (Lipinski definition) is 1. The van der Waals surface area contributed by atoms with Crippen molar-refractivity contribution in [2.45, 2.75) is 33.1 Å². The van der Waals surface area contributed by atoms with E-state index in [9.17, 15) is 0 Å². The lowest BCUT2D eigenvalue weighted by Crippen LogP contribution is -1.98. The molecule has 0 aliphatic carbocycles. The number of aromatic nitrogens is 2. The van der Waals surface area contributed by atoms with Crippen molar-refractivity contribution < 1.29 is 0 Å². The Morgan fingerprint density at radius 2 is 1.78 bits per heavy atom. The molecule has 0 radical (unpaired) electrons. The molecular formula is C14H16Cl2N2. The second kappa shape index (κ2) is 5.33. The molecule has 0 fully saturated rings. The van der Waals surface area contributed by atoms with Crippen LogP contribution in [-0.4, -0.2) is 9.78 Å². The number of aryl methyl sites for hydroxylation is 3. The number of rotatable bonds is 3. The average molecular weight is 283 g/mol. The minimum Gasteiger partial charge on any atom is -0.222 e. The van der Waals surface area contributed by atoms with Gasteiger partial charge in [0.15, 0.2) is 0 Å². The van der Waals surface area contributed by atoms with Gasteiger partial charge in [0.05, 0.1) is 17.3 Å². The van der Waals surface area contributed by atoms with Gasteiger partial charge in [-0.25, -0.2) is 4.68 Å². The molecule has 0 aliphatic rings. The third-order valence-electron chi connectivity index (χ3n) is 2.92. The van der Waals surface area contributed by atoms with Gasteiger partial charge in [0.25, 0.3) is 0 Å². The summed E-state index contributed by atoms with van der Waals surface area (Å²) in [6.45, 7) is 6.19. The van der Waals surface area contributed by atoms with Crippen LogP contribution in [0.25, 0.3) is 5.69 Å². The van der Waals surface area contributed by atoms with Crippen LogP contribution in [0.1, 0.15) is 29.3 Å². The van der Waals surface area contributed by atoms with Crippen LogP contribution < -0.4 is 0 Å². The van der Waals surface area contributed by atoms with Crippen LogP contribution in [-0.2, 0) is 12.3 Å². The molecular weight excluding hydrogens is 267 g/mol. The quantitative estimate of drug-likeness (QED) is 0.761. The van der Waals surface area contributed by atoms with Gasteiger partial charge in [-0.05, 0) is 43.5 Å². The summed E-state index contributed by atoms with van der Waals surface area (Å²) in [7, 11) is 0. The van der Waals surface area contributed by atoms with Gasteiger partial charge in [0.1, 0.15) is 5.15 Å². The topological polar surface area (TPSA) is 17.8 Å². The molecule has 2 aromatic rings. The van der Waals surface area contributed by atoms with Gasteiger partial charge in [-0.2, -0.15) is 5.10 Å². The summed E-state index contributed by atoms with van der Waals surface area (Å²) in [5.74, 6) is 0.396. The molecule has 0 saturated heterocycles. The van der Waals surface area contributed by atoms with Gasteiger partial charge in [-0.3, -0.25) is 0 Å². The van der Waals surface area contributed by atoms with E-state index in [2.05, 4.69) is 44.1 Å². The highest BCUT2D eigenvalue weighted by Crippen LogP contribution is 2.26. The van der Waals surface area contributed by atoms with E-state index < -0.39 is 0 Å². The van der Waals surface area contributed by atoms with Crippen LogP contribution >= 0.6 is 23.2 Å². The first-order chi connectivity index (χ1) is 8.56. The highest BCUT2D eigenvalue weighted by molar-refractivity contribution is 6.31. The standard InChI is InChI=1S/C14H16Cl2N2/c1-4-13-12(8-15)14(16)18(17-13)11-6-9(2)5-10(3)7-11/h5-7H,4,8H2,1-3H3. The van der Waals surface area contributed by atoms with Crippen molar-refractivity contribution in [3.05, 3.63) is 45.7 Å². The molecule has 0 atom stereocenters. The molecule has 0 bridgehead atoms. The molecule has 18 heavy (non-hydrogen) atoms. The van der Waals surface area contributed by atoms with Crippen molar-refractivity contribution in [2.24, 2.45) is 0 Å². The minimum atomic E-state index is 0.396. The van der Waals surface area contributed by atoms with E-state index in [4.69, 9.17) is 23.2 Å². The summed E-state index contributed by atoms with van der Waals surface area (Å²) in [5, 5.41) is 5.17. The molecule has 1 aromatic heterocycles. The first-order valence-electron chi connectivity index (χ1n) is 5.97. The third-order valence-corrected chi connectivity index (χ3v) is 3.58. The van der Waals surface area contributed by atoms with Crippen molar-refractivity contribution in [2.75, 3.05) is 0 Å². The predicted molar refractivity (Wildman–Crippen MR) is 77.0 cm³/mol. The first kappa shape index (κ1) is 13.4. The molecule has 0 amide bonds. The summed E-state index contributed by atoms with van der Waals surface area (Å²) in [6, 6.07) is 6.27. The van der Waals surface area contributed by atoms with E-state index >= 15 is 0 Å². The van der Waals surface area contributed by atoms with E-state index in [1.807, 2.05) is 0 Å². The normalized spacial score (nSPS) is 10.9. The molecule has 0 saturated carbocycles. The molecule has 1 aromatic carbocycles. The molecule has 0 aliphatic heterocycles. The fourth-order valence-corrected chi connectivity index (χ4v) is 2.79. The van der Waals surface area contributed by atoms with E-state index in [0.717, 1.165) is 23.4 Å². The van der Waals surface area contributed by atoms with Crippen molar-refractivity contribution in [1.29, 1.82) is 0 Å². The van der Waals surface area contributed by atoms with E-state index in [1.54, 1.807) is 4.68 Å². The van der Waals surface area contributed by atoms with Gasteiger partial charge < -0.3 is 0 Å². The van der Waals surface area contributed by atoms with Crippen LogP contribution in [0.15, 0.2) is 18.2 Å². The first-order valence-corrected chi connectivity index (χ1v) is 6.89. The zero-order chi connectivity index (χ0) is 13.3. The lowest BCUT2D eigenvalue weighted by molar-refractivity contribution is 0.839. The molecule has 4 heteroatoms.